The van der Waals surface area contributed by atoms with Gasteiger partial charge in [-0.05, 0) is 14.0 Å². The van der Waals surface area contributed by atoms with Gasteiger partial charge in [0.15, 0.2) is 5.72 Å². The number of fused-ring (bicyclic) bond motifs is 4. The highest BCUT2D eigenvalue weighted by atomic mass is 16.5. The molecular weight excluding hydrogens is 352 g/mol. The molecule has 4 aliphatic rings. The van der Waals surface area contributed by atoms with Crippen molar-refractivity contribution in [3.05, 3.63) is 22.5 Å². The van der Waals surface area contributed by atoms with Crippen LogP contribution in [0, 0.1) is 18.3 Å². The lowest BCUT2D eigenvalue weighted by atomic mass is 9.82. The van der Waals surface area contributed by atoms with Crippen LogP contribution < -0.4 is 11.1 Å². The first-order chi connectivity index (χ1) is 12.7. The Kier molecular flexibility index (Phi) is 3.63. The predicted molar refractivity (Wildman–Crippen MR) is 92.6 cm³/mol. The number of hydrogen-bond donors (Lipinski definition) is 3. The number of Topliss-reactive ketones (excluding diaryl/α,β-unsaturated/α-hetero) is 2. The zero-order valence-electron chi connectivity index (χ0n) is 15.0. The molecule has 5 atom stereocenters. The summed E-state index contributed by atoms with van der Waals surface area (Å²) >= 11 is 0. The number of rotatable bonds is 4. The lowest BCUT2D eigenvalue weighted by molar-refractivity contribution is -0.126. The van der Waals surface area contributed by atoms with Crippen LogP contribution in [0.15, 0.2) is 22.5 Å². The highest BCUT2D eigenvalue weighted by Crippen LogP contribution is 2.57. The van der Waals surface area contributed by atoms with Crippen molar-refractivity contribution in [3.8, 4) is 12.3 Å². The molecule has 0 aromatic heterocycles. The maximum absolute atomic E-state index is 13.2. The second-order valence-electron chi connectivity index (χ2n) is 7.23. The summed E-state index contributed by atoms with van der Waals surface area (Å²) < 4.78 is 4.94. The molecular formula is C18H20N4O5. The van der Waals surface area contributed by atoms with E-state index in [1.54, 1.807) is 11.8 Å². The molecule has 0 aromatic rings. The van der Waals surface area contributed by atoms with Gasteiger partial charge in [-0.1, -0.05) is 5.92 Å². The topological polar surface area (TPSA) is 125 Å². The van der Waals surface area contributed by atoms with E-state index in [4.69, 9.17) is 16.9 Å². The molecule has 4 rings (SSSR count). The van der Waals surface area contributed by atoms with Crippen LogP contribution in [0.25, 0.3) is 0 Å². The molecule has 0 radical (unpaired) electrons. The van der Waals surface area contributed by atoms with Crippen LogP contribution in [0.3, 0.4) is 0 Å². The van der Waals surface area contributed by atoms with Crippen molar-refractivity contribution >= 4 is 17.7 Å². The molecule has 4 N–H and O–H groups in total. The van der Waals surface area contributed by atoms with Gasteiger partial charge in [-0.25, -0.2) is 4.79 Å². The predicted octanol–water partition coefficient (Wildman–Crippen LogP) is -1.70. The minimum Gasteiger partial charge on any atom is -0.449 e. The maximum Gasteiger partial charge on any atom is 0.404 e. The first kappa shape index (κ1) is 17.6. The first-order valence-electron chi connectivity index (χ1n) is 8.61. The number of hydrogen-bond acceptors (Lipinski definition) is 8. The van der Waals surface area contributed by atoms with Gasteiger partial charge in [-0.2, -0.15) is 0 Å². The van der Waals surface area contributed by atoms with Crippen LogP contribution in [-0.4, -0.2) is 77.1 Å². The quantitative estimate of drug-likeness (QED) is 0.303. The van der Waals surface area contributed by atoms with E-state index >= 15 is 0 Å². The van der Waals surface area contributed by atoms with E-state index in [-0.39, 0.29) is 53.6 Å². The summed E-state index contributed by atoms with van der Waals surface area (Å²) in [4.78, 5) is 40.9. The van der Waals surface area contributed by atoms with Gasteiger partial charge in [-0.3, -0.25) is 14.5 Å². The third-order valence-electron chi connectivity index (χ3n) is 6.02. The summed E-state index contributed by atoms with van der Waals surface area (Å²) in [5.74, 6) is 0.731. The lowest BCUT2D eigenvalue weighted by Gasteiger charge is -2.37. The van der Waals surface area contributed by atoms with Crippen LogP contribution in [-0.2, 0) is 14.3 Å². The van der Waals surface area contributed by atoms with Crippen molar-refractivity contribution in [2.75, 3.05) is 26.7 Å². The number of nitrogens with two attached hydrogens (primary N) is 1. The Labute approximate surface area is 155 Å². The minimum absolute atomic E-state index is 0.0771. The number of terminal acetylenes is 1. The Balaban J connectivity index is 1.78. The van der Waals surface area contributed by atoms with Gasteiger partial charge in [-0.15, -0.1) is 6.42 Å². The molecule has 0 spiro atoms. The largest absolute Gasteiger partial charge is 0.449 e. The van der Waals surface area contributed by atoms with Gasteiger partial charge in [0.05, 0.1) is 29.9 Å². The molecule has 2 unspecified atom stereocenters. The van der Waals surface area contributed by atoms with Crippen molar-refractivity contribution < 1.29 is 24.2 Å². The number of nitrogens with zero attached hydrogens (tertiary/aromatic N) is 2. The summed E-state index contributed by atoms with van der Waals surface area (Å²) in [7, 11) is 1.86. The summed E-state index contributed by atoms with van der Waals surface area (Å²) in [6, 6.07) is -0.180. The Morgan fingerprint density at radius 1 is 1.48 bits per heavy atom. The molecule has 0 aromatic carbocycles. The maximum atomic E-state index is 13.2. The molecule has 1 aliphatic carbocycles. The first-order valence-corrected chi connectivity index (χ1v) is 8.61. The van der Waals surface area contributed by atoms with E-state index in [1.807, 2.05) is 11.9 Å². The molecule has 9 heteroatoms. The molecule has 0 saturated carbocycles. The number of carbonyl (C=O) groups excluding carboxylic acids is 3. The van der Waals surface area contributed by atoms with Gasteiger partial charge in [0, 0.05) is 23.7 Å². The van der Waals surface area contributed by atoms with Crippen molar-refractivity contribution in [2.24, 2.45) is 11.7 Å². The zero-order chi connectivity index (χ0) is 19.7. The Bertz CT molecular complexity index is 885. The van der Waals surface area contributed by atoms with E-state index in [1.165, 1.54) is 0 Å². The van der Waals surface area contributed by atoms with Crippen LogP contribution in [0.2, 0.25) is 0 Å². The molecule has 2 fully saturated rings. The van der Waals surface area contributed by atoms with Gasteiger partial charge in [0.25, 0.3) is 0 Å². The van der Waals surface area contributed by atoms with Gasteiger partial charge in [0.1, 0.15) is 6.61 Å². The van der Waals surface area contributed by atoms with Crippen molar-refractivity contribution in [1.82, 2.24) is 15.1 Å². The summed E-state index contributed by atoms with van der Waals surface area (Å²) in [6.07, 6.45) is 4.24. The Morgan fingerprint density at radius 3 is 2.81 bits per heavy atom. The summed E-state index contributed by atoms with van der Waals surface area (Å²) in [6.45, 7) is 1.76. The van der Waals surface area contributed by atoms with E-state index in [2.05, 4.69) is 11.2 Å². The number of aliphatic hydroxyl groups is 1. The molecule has 142 valence electrons. The molecule has 1 amide bonds. The van der Waals surface area contributed by atoms with Gasteiger partial charge < -0.3 is 25.8 Å². The third kappa shape index (κ3) is 2.11. The van der Waals surface area contributed by atoms with Crippen molar-refractivity contribution in [1.29, 1.82) is 0 Å². The molecule has 3 aliphatic heterocycles. The number of nitrogens with one attached hydrogen (secondary N) is 1. The fourth-order valence-corrected chi connectivity index (χ4v) is 4.73. The molecule has 3 heterocycles. The zero-order valence-corrected chi connectivity index (χ0v) is 15.0. The van der Waals surface area contributed by atoms with E-state index in [0.29, 0.717) is 6.54 Å². The standard InChI is InChI=1S/C18H20N4O5/c1-4-5-20-12-8(2)14(23)13-11(15(12)24)9(7-27-17(19)25)18(26)16-10(21(16)3)6-22(13)18/h1,9-10,16,20,26H,5-7H2,2-3H3,(H2,19,25)/t9-,10?,16+,18-,21?/m1/s1. The minimum atomic E-state index is -1.51. The Hall–Kier alpha value is -2.83. The summed E-state index contributed by atoms with van der Waals surface area (Å²) in [5, 5.41) is 14.3. The fraction of sp³-hybridized carbons (Fsp3) is 0.500. The molecule has 0 bridgehead atoms. The van der Waals surface area contributed by atoms with Crippen molar-refractivity contribution in [3.63, 3.8) is 0 Å². The second kappa shape index (κ2) is 5.58. The number of allylic oxidation sites excluding steroid dienone is 2. The van der Waals surface area contributed by atoms with Gasteiger partial charge >= 0.3 is 6.09 Å². The highest BCUT2D eigenvalue weighted by molar-refractivity contribution is 6.25. The van der Waals surface area contributed by atoms with Crippen LogP contribution in [0.5, 0.6) is 0 Å². The number of likely N-dealkylation sites (N-methyl/N-ethyl adjacent to an activating group) is 1. The van der Waals surface area contributed by atoms with Crippen LogP contribution in [0.4, 0.5) is 4.79 Å². The summed E-state index contributed by atoms with van der Waals surface area (Å²) in [5.41, 5.74) is 4.28. The van der Waals surface area contributed by atoms with Crippen LogP contribution in [0.1, 0.15) is 6.92 Å². The SMILES string of the molecule is C#CCNC1=C(C)C(=O)C2=C(C1=O)[C@@H](COC(N)=O)[C@@]1(O)[C@@H]3C(CN21)N3C. The number of ketones is 2. The number of primary amides is 1. The normalized spacial score (nSPS) is 36.3. The second-order valence-corrected chi connectivity index (χ2v) is 7.23. The highest BCUT2D eigenvalue weighted by Gasteiger charge is 2.74. The number of amides is 1. The number of ether oxygens (including phenoxy) is 1. The average Bonchev–Trinajstić information content (AvgIpc) is 3.02. The van der Waals surface area contributed by atoms with E-state index < -0.39 is 23.5 Å². The molecule has 27 heavy (non-hydrogen) atoms. The van der Waals surface area contributed by atoms with Gasteiger partial charge in [0.2, 0.25) is 11.6 Å². The Morgan fingerprint density at radius 2 is 2.19 bits per heavy atom. The number of carbonyl (C=O) groups is 3. The fourth-order valence-electron chi connectivity index (χ4n) is 4.73. The lowest BCUT2D eigenvalue weighted by Crippen LogP contribution is -2.53. The van der Waals surface area contributed by atoms with E-state index in [9.17, 15) is 19.5 Å². The monoisotopic (exact) mass is 372 g/mol. The van der Waals surface area contributed by atoms with E-state index in [0.717, 1.165) is 0 Å². The van der Waals surface area contributed by atoms with Crippen molar-refractivity contribution in [2.45, 2.75) is 24.7 Å². The number of piperazine rings is 1. The smallest absolute Gasteiger partial charge is 0.404 e. The third-order valence-corrected chi connectivity index (χ3v) is 6.02. The molecule has 9 nitrogen and oxygen atoms in total. The van der Waals surface area contributed by atoms with Crippen LogP contribution >= 0.6 is 0 Å². The average molecular weight is 372 g/mol. The molecule has 2 saturated heterocycles.